The van der Waals surface area contributed by atoms with Gasteiger partial charge in [0.1, 0.15) is 11.9 Å². The largest absolute Gasteiger partial charge is 0.506 e. The van der Waals surface area contributed by atoms with Crippen LogP contribution in [0, 0.1) is 0 Å². The molecule has 0 unspecified atom stereocenters. The second-order valence-electron chi connectivity index (χ2n) is 13.7. The van der Waals surface area contributed by atoms with Crippen molar-refractivity contribution in [3.05, 3.63) is 154 Å². The number of anilines is 3. The zero-order valence-electron chi connectivity index (χ0n) is 30.0. The Labute approximate surface area is 314 Å². The van der Waals surface area contributed by atoms with Crippen LogP contribution in [0.3, 0.4) is 0 Å². The number of ether oxygens (including phenoxy) is 1. The van der Waals surface area contributed by atoms with Gasteiger partial charge in [0, 0.05) is 54.6 Å². The molecule has 6 aromatic rings. The number of H-pyrrole nitrogens is 1. The van der Waals surface area contributed by atoms with Gasteiger partial charge in [-0.1, -0.05) is 78.9 Å². The van der Waals surface area contributed by atoms with Crippen LogP contribution >= 0.6 is 0 Å². The molecular formula is C44H45N5O5. The number of aromatic hydroxyl groups is 1. The maximum atomic E-state index is 12.8. The molecule has 0 bridgehead atoms. The Bertz CT molecular complexity index is 2230. The lowest BCUT2D eigenvalue weighted by Gasteiger charge is -2.31. The van der Waals surface area contributed by atoms with Crippen molar-refractivity contribution in [2.75, 3.05) is 36.8 Å². The number of rotatable bonds is 13. The average molecular weight is 724 g/mol. The number of aromatic amines is 1. The van der Waals surface area contributed by atoms with Gasteiger partial charge in [-0.25, -0.2) is 4.79 Å². The number of carbonyl (C=O) groups excluding carboxylic acids is 1. The van der Waals surface area contributed by atoms with E-state index in [9.17, 15) is 19.8 Å². The van der Waals surface area contributed by atoms with Gasteiger partial charge in [-0.15, -0.1) is 0 Å². The van der Waals surface area contributed by atoms with Gasteiger partial charge in [0.25, 0.3) is 0 Å². The highest BCUT2D eigenvalue weighted by molar-refractivity contribution is 5.91. The fraction of sp³-hybridized carbons (Fsp3) is 0.227. The fourth-order valence-electron chi connectivity index (χ4n) is 7.00. The van der Waals surface area contributed by atoms with Gasteiger partial charge in [-0.3, -0.25) is 15.0 Å². The summed E-state index contributed by atoms with van der Waals surface area (Å²) in [6.07, 6.45) is 1.02. The molecule has 1 amide bonds. The number of hydrogen-bond acceptors (Lipinski definition) is 8. The number of benzene rings is 5. The number of phenolic OH excluding ortho intramolecular Hbond substituents is 1. The standard InChI is InChI=1S/C44H45N5O5/c50-40-19-17-37(38-18-20-42(52)48-43(38)40)41(51)28-45-24-21-30-13-15-33(16-14-30)46-34-10-6-7-31(27-34)29-49-25-22-35(23-26-49)54-44(53)47-39-12-5-4-11-36(39)32-8-2-1-3-9-32/h1-20,27,35,41,45-46,50-51H,21-26,28-29H2,(H,47,53)(H,48,52)/t41-/m0/s1. The summed E-state index contributed by atoms with van der Waals surface area (Å²) in [4.78, 5) is 29.6. The first kappa shape index (κ1) is 36.4. The van der Waals surface area contributed by atoms with Crippen molar-refractivity contribution in [1.29, 1.82) is 0 Å². The molecule has 276 valence electrons. The molecule has 0 saturated carbocycles. The number of aromatic nitrogens is 1. The van der Waals surface area contributed by atoms with Crippen molar-refractivity contribution >= 4 is 34.1 Å². The lowest BCUT2D eigenvalue weighted by Crippen LogP contribution is -2.38. The Morgan fingerprint density at radius 1 is 0.833 bits per heavy atom. The minimum atomic E-state index is -0.796. The number of amides is 1. The van der Waals surface area contributed by atoms with E-state index < -0.39 is 12.2 Å². The first-order valence-electron chi connectivity index (χ1n) is 18.4. The Kier molecular flexibility index (Phi) is 11.6. The molecule has 0 radical (unpaired) electrons. The summed E-state index contributed by atoms with van der Waals surface area (Å²) in [5.41, 5.74) is 7.80. The molecule has 6 N–H and O–H groups in total. The van der Waals surface area contributed by atoms with Gasteiger partial charge in [0.2, 0.25) is 5.56 Å². The molecule has 54 heavy (non-hydrogen) atoms. The SMILES string of the molecule is O=C(Nc1ccccc1-c1ccccc1)OC1CCN(Cc2cccc(Nc3ccc(CCNC[C@H](O)c4ccc(O)c5[nH]c(=O)ccc45)cc3)c2)CC1. The van der Waals surface area contributed by atoms with E-state index in [0.29, 0.717) is 29.6 Å². The predicted octanol–water partition coefficient (Wildman–Crippen LogP) is 7.72. The van der Waals surface area contributed by atoms with Crippen LogP contribution in [0.2, 0.25) is 0 Å². The minimum absolute atomic E-state index is 0.0261. The van der Waals surface area contributed by atoms with E-state index in [4.69, 9.17) is 4.74 Å². The number of phenols is 1. The number of pyridine rings is 1. The number of likely N-dealkylation sites (tertiary alicyclic amines) is 1. The molecule has 1 aliphatic heterocycles. The Morgan fingerprint density at radius 3 is 2.43 bits per heavy atom. The van der Waals surface area contributed by atoms with Gasteiger partial charge in [-0.2, -0.15) is 0 Å². The second-order valence-corrected chi connectivity index (χ2v) is 13.7. The quantitative estimate of drug-likeness (QED) is 0.0667. The number of hydrogen-bond donors (Lipinski definition) is 6. The maximum absolute atomic E-state index is 12.8. The van der Waals surface area contributed by atoms with E-state index in [-0.39, 0.29) is 17.4 Å². The van der Waals surface area contributed by atoms with E-state index in [2.05, 4.69) is 74.4 Å². The number of aliphatic hydroxyl groups is 1. The summed E-state index contributed by atoms with van der Waals surface area (Å²) in [6, 6.07) is 40.7. The molecule has 1 aliphatic rings. The van der Waals surface area contributed by atoms with E-state index >= 15 is 0 Å². The van der Waals surface area contributed by atoms with E-state index in [1.165, 1.54) is 23.3 Å². The number of nitrogens with one attached hydrogen (secondary N) is 4. The van der Waals surface area contributed by atoms with Crippen LogP contribution in [0.25, 0.3) is 22.0 Å². The Hall–Kier alpha value is -5.94. The maximum Gasteiger partial charge on any atom is 0.411 e. The molecular weight excluding hydrogens is 679 g/mol. The molecule has 0 spiro atoms. The van der Waals surface area contributed by atoms with Crippen LogP contribution < -0.4 is 21.5 Å². The monoisotopic (exact) mass is 723 g/mol. The van der Waals surface area contributed by atoms with E-state index in [1.54, 1.807) is 12.1 Å². The highest BCUT2D eigenvalue weighted by Crippen LogP contribution is 2.30. The lowest BCUT2D eigenvalue weighted by atomic mass is 10.0. The van der Waals surface area contributed by atoms with Crippen LogP contribution in [0.4, 0.5) is 21.9 Å². The van der Waals surface area contributed by atoms with Gasteiger partial charge >= 0.3 is 6.09 Å². The van der Waals surface area contributed by atoms with Gasteiger partial charge in [0.05, 0.1) is 17.3 Å². The smallest absolute Gasteiger partial charge is 0.411 e. The average Bonchev–Trinajstić information content (AvgIpc) is 3.19. The van der Waals surface area contributed by atoms with Crippen molar-refractivity contribution in [3.63, 3.8) is 0 Å². The number of fused-ring (bicyclic) bond motifs is 1. The normalized spacial score (nSPS) is 14.1. The number of nitrogens with zero attached hydrogens (tertiary/aromatic N) is 1. The number of para-hydroxylation sites is 1. The van der Waals surface area contributed by atoms with E-state index in [1.807, 2.05) is 54.6 Å². The number of piperidine rings is 1. The first-order valence-corrected chi connectivity index (χ1v) is 18.4. The number of carbonyl (C=O) groups is 1. The summed E-state index contributed by atoms with van der Waals surface area (Å²) >= 11 is 0. The van der Waals surface area contributed by atoms with Crippen molar-refractivity contribution in [3.8, 4) is 16.9 Å². The summed E-state index contributed by atoms with van der Waals surface area (Å²) in [6.45, 7) is 3.53. The topological polar surface area (TPSA) is 139 Å². The molecule has 10 nitrogen and oxygen atoms in total. The summed E-state index contributed by atoms with van der Waals surface area (Å²) in [5, 5.41) is 31.3. The van der Waals surface area contributed by atoms with Crippen molar-refractivity contribution in [2.45, 2.75) is 38.0 Å². The van der Waals surface area contributed by atoms with Crippen molar-refractivity contribution < 1.29 is 19.7 Å². The molecule has 2 heterocycles. The second kappa shape index (κ2) is 17.3. The highest BCUT2D eigenvalue weighted by Gasteiger charge is 2.23. The molecule has 1 fully saturated rings. The summed E-state index contributed by atoms with van der Waals surface area (Å²) < 4.78 is 5.83. The molecule has 5 aromatic carbocycles. The van der Waals surface area contributed by atoms with Gasteiger partial charge in [0.15, 0.2) is 0 Å². The van der Waals surface area contributed by atoms with E-state index in [0.717, 1.165) is 67.1 Å². The summed E-state index contributed by atoms with van der Waals surface area (Å²) in [5.74, 6) is -0.0261. The third kappa shape index (κ3) is 9.34. The predicted molar refractivity (Wildman–Crippen MR) is 214 cm³/mol. The van der Waals surface area contributed by atoms with Crippen LogP contribution in [-0.4, -0.2) is 58.5 Å². The Balaban J connectivity index is 0.834. The minimum Gasteiger partial charge on any atom is -0.506 e. The van der Waals surface area contributed by atoms with Crippen LogP contribution in [-0.2, 0) is 17.7 Å². The van der Waals surface area contributed by atoms with Crippen molar-refractivity contribution in [1.82, 2.24) is 15.2 Å². The van der Waals surface area contributed by atoms with Gasteiger partial charge in [-0.05, 0) is 90.5 Å². The highest BCUT2D eigenvalue weighted by atomic mass is 16.6. The third-order valence-corrected chi connectivity index (χ3v) is 9.83. The summed E-state index contributed by atoms with van der Waals surface area (Å²) in [7, 11) is 0. The Morgan fingerprint density at radius 2 is 1.61 bits per heavy atom. The molecule has 1 atom stereocenters. The zero-order chi connectivity index (χ0) is 37.3. The molecule has 1 aromatic heterocycles. The molecule has 0 aliphatic carbocycles. The van der Waals surface area contributed by atoms with Crippen molar-refractivity contribution in [2.24, 2.45) is 0 Å². The molecule has 7 rings (SSSR count). The van der Waals surface area contributed by atoms with Gasteiger partial charge < -0.3 is 30.6 Å². The van der Waals surface area contributed by atoms with Crippen LogP contribution in [0.5, 0.6) is 5.75 Å². The first-order chi connectivity index (χ1) is 26.4. The van der Waals surface area contributed by atoms with Crippen LogP contribution in [0.1, 0.15) is 35.6 Å². The zero-order valence-corrected chi connectivity index (χ0v) is 30.0. The third-order valence-electron chi connectivity index (χ3n) is 9.83. The number of aliphatic hydroxyl groups excluding tert-OH is 1. The molecule has 1 saturated heterocycles. The molecule has 10 heteroatoms. The fourth-order valence-corrected chi connectivity index (χ4v) is 7.00. The lowest BCUT2D eigenvalue weighted by molar-refractivity contribution is 0.0567. The van der Waals surface area contributed by atoms with Crippen LogP contribution in [0.15, 0.2) is 132 Å².